The van der Waals surface area contributed by atoms with E-state index >= 15 is 0 Å². The van der Waals surface area contributed by atoms with Gasteiger partial charge < -0.3 is 14.3 Å². The Bertz CT molecular complexity index is 181. The second-order valence-corrected chi connectivity index (χ2v) is 2.19. The van der Waals surface area contributed by atoms with E-state index in [1.807, 2.05) is 6.92 Å². The summed E-state index contributed by atoms with van der Waals surface area (Å²) in [6.07, 6.45) is 0.898. The van der Waals surface area contributed by atoms with E-state index in [0.717, 1.165) is 0 Å². The lowest BCUT2D eigenvalue weighted by Gasteiger charge is -2.06. The molecule has 0 aliphatic rings. The van der Waals surface area contributed by atoms with E-state index in [1.165, 1.54) is 6.26 Å². The van der Waals surface area contributed by atoms with Crippen molar-refractivity contribution in [3.8, 4) is 0 Å². The largest absolute Gasteiger partial charge is 0.467 e. The first kappa shape index (κ1) is 8.30. The highest BCUT2D eigenvalue weighted by atomic mass is 16.5. The van der Waals surface area contributed by atoms with Crippen molar-refractivity contribution in [3.05, 3.63) is 24.2 Å². The second-order valence-electron chi connectivity index (χ2n) is 2.19. The van der Waals surface area contributed by atoms with E-state index in [-0.39, 0.29) is 0 Å². The number of ether oxygens (including phenoxy) is 1. The Kier molecular flexibility index (Phi) is 3.14. The van der Waals surface area contributed by atoms with Gasteiger partial charge in [0.1, 0.15) is 11.9 Å². The van der Waals surface area contributed by atoms with Crippen molar-refractivity contribution in [3.63, 3.8) is 0 Å². The Morgan fingerprint density at radius 1 is 1.73 bits per heavy atom. The topological polar surface area (TPSA) is 42.6 Å². The molecule has 3 nitrogen and oxygen atoms in total. The summed E-state index contributed by atoms with van der Waals surface area (Å²) < 4.78 is 9.97. The van der Waals surface area contributed by atoms with Gasteiger partial charge >= 0.3 is 0 Å². The van der Waals surface area contributed by atoms with Crippen molar-refractivity contribution in [2.45, 2.75) is 13.0 Å². The minimum atomic E-state index is -0.634. The summed E-state index contributed by atoms with van der Waals surface area (Å²) in [5.74, 6) is 0.554. The molecule has 0 spiro atoms. The van der Waals surface area contributed by atoms with E-state index in [9.17, 15) is 5.11 Å². The first-order chi connectivity index (χ1) is 5.34. The van der Waals surface area contributed by atoms with Gasteiger partial charge in [-0.2, -0.15) is 0 Å². The number of aliphatic hydroxyl groups excluding tert-OH is 1. The fourth-order valence-corrected chi connectivity index (χ4v) is 0.792. The van der Waals surface area contributed by atoms with Crippen LogP contribution in [0.2, 0.25) is 0 Å². The molecule has 0 aromatic carbocycles. The monoisotopic (exact) mass is 156 g/mol. The molecule has 1 aromatic rings. The number of rotatable bonds is 4. The van der Waals surface area contributed by atoms with Crippen molar-refractivity contribution in [2.75, 3.05) is 13.2 Å². The average molecular weight is 156 g/mol. The third-order valence-electron chi connectivity index (χ3n) is 1.35. The summed E-state index contributed by atoms with van der Waals surface area (Å²) in [5, 5.41) is 9.32. The average Bonchev–Trinajstić information content (AvgIpc) is 2.52. The maximum atomic E-state index is 9.32. The molecule has 62 valence electrons. The number of aliphatic hydroxyl groups is 1. The fraction of sp³-hybridized carbons (Fsp3) is 0.500. The molecular formula is C8H12O3. The zero-order chi connectivity index (χ0) is 8.10. The van der Waals surface area contributed by atoms with Crippen LogP contribution in [-0.2, 0) is 4.74 Å². The van der Waals surface area contributed by atoms with Crippen LogP contribution in [0.25, 0.3) is 0 Å². The van der Waals surface area contributed by atoms with E-state index < -0.39 is 6.10 Å². The van der Waals surface area contributed by atoms with Gasteiger partial charge in [-0.3, -0.25) is 0 Å². The Labute approximate surface area is 65.6 Å². The molecular weight excluding hydrogens is 144 g/mol. The van der Waals surface area contributed by atoms with Gasteiger partial charge in [-0.05, 0) is 19.1 Å². The zero-order valence-electron chi connectivity index (χ0n) is 6.49. The van der Waals surface area contributed by atoms with Crippen LogP contribution in [0.3, 0.4) is 0 Å². The van der Waals surface area contributed by atoms with Crippen molar-refractivity contribution in [1.29, 1.82) is 0 Å². The maximum Gasteiger partial charge on any atom is 0.135 e. The van der Waals surface area contributed by atoms with Gasteiger partial charge in [0.15, 0.2) is 0 Å². The predicted molar refractivity (Wildman–Crippen MR) is 40.2 cm³/mol. The highest BCUT2D eigenvalue weighted by Gasteiger charge is 2.08. The van der Waals surface area contributed by atoms with Crippen LogP contribution in [0.4, 0.5) is 0 Å². The molecule has 0 bridgehead atoms. The van der Waals surface area contributed by atoms with Crippen LogP contribution < -0.4 is 0 Å². The standard InChI is InChI=1S/C8H12O3/c1-2-10-6-7(9)8-4-3-5-11-8/h3-5,7,9H,2,6H2,1H3. The highest BCUT2D eigenvalue weighted by Crippen LogP contribution is 2.12. The first-order valence-electron chi connectivity index (χ1n) is 3.63. The molecule has 0 aliphatic carbocycles. The molecule has 1 rings (SSSR count). The van der Waals surface area contributed by atoms with Crippen LogP contribution in [0.15, 0.2) is 22.8 Å². The Morgan fingerprint density at radius 2 is 2.55 bits per heavy atom. The lowest BCUT2D eigenvalue weighted by atomic mass is 10.3. The van der Waals surface area contributed by atoms with Gasteiger partial charge in [0.2, 0.25) is 0 Å². The first-order valence-corrected chi connectivity index (χ1v) is 3.63. The predicted octanol–water partition coefficient (Wildman–Crippen LogP) is 1.35. The molecule has 0 amide bonds. The summed E-state index contributed by atoms with van der Waals surface area (Å²) in [5.41, 5.74) is 0. The molecule has 11 heavy (non-hydrogen) atoms. The van der Waals surface area contributed by atoms with Crippen molar-refractivity contribution in [1.82, 2.24) is 0 Å². The molecule has 0 radical (unpaired) electrons. The van der Waals surface area contributed by atoms with Crippen LogP contribution in [0, 0.1) is 0 Å². The van der Waals surface area contributed by atoms with E-state index in [4.69, 9.17) is 9.15 Å². The van der Waals surface area contributed by atoms with Crippen molar-refractivity contribution in [2.24, 2.45) is 0 Å². The van der Waals surface area contributed by atoms with Gasteiger partial charge in [-0.25, -0.2) is 0 Å². The van der Waals surface area contributed by atoms with Crippen LogP contribution in [-0.4, -0.2) is 18.3 Å². The van der Waals surface area contributed by atoms with Gasteiger partial charge in [0.05, 0.1) is 12.9 Å². The zero-order valence-corrected chi connectivity index (χ0v) is 6.49. The van der Waals surface area contributed by atoms with E-state index in [0.29, 0.717) is 19.0 Å². The lowest BCUT2D eigenvalue weighted by Crippen LogP contribution is -2.05. The molecule has 0 aliphatic heterocycles. The van der Waals surface area contributed by atoms with Gasteiger partial charge in [-0.1, -0.05) is 0 Å². The summed E-state index contributed by atoms with van der Waals surface area (Å²) in [6.45, 7) is 2.79. The Morgan fingerprint density at radius 3 is 3.09 bits per heavy atom. The summed E-state index contributed by atoms with van der Waals surface area (Å²) in [6, 6.07) is 3.47. The molecule has 3 heteroatoms. The van der Waals surface area contributed by atoms with Crippen LogP contribution in [0.1, 0.15) is 18.8 Å². The van der Waals surface area contributed by atoms with Gasteiger partial charge in [0.25, 0.3) is 0 Å². The molecule has 1 unspecified atom stereocenters. The SMILES string of the molecule is CCOCC(O)c1ccco1. The molecule has 0 fully saturated rings. The van der Waals surface area contributed by atoms with Gasteiger partial charge in [0, 0.05) is 6.61 Å². The number of hydrogen-bond acceptors (Lipinski definition) is 3. The number of furan rings is 1. The summed E-state index contributed by atoms with van der Waals surface area (Å²) in [7, 11) is 0. The number of hydrogen-bond donors (Lipinski definition) is 1. The maximum absolute atomic E-state index is 9.32. The quantitative estimate of drug-likeness (QED) is 0.715. The summed E-state index contributed by atoms with van der Waals surface area (Å²) >= 11 is 0. The van der Waals surface area contributed by atoms with Crippen LogP contribution >= 0.6 is 0 Å². The summed E-state index contributed by atoms with van der Waals surface area (Å²) in [4.78, 5) is 0. The van der Waals surface area contributed by atoms with E-state index in [1.54, 1.807) is 12.1 Å². The normalized spacial score (nSPS) is 13.3. The molecule has 1 atom stereocenters. The van der Waals surface area contributed by atoms with Crippen LogP contribution in [0.5, 0.6) is 0 Å². The van der Waals surface area contributed by atoms with Crippen molar-refractivity contribution >= 4 is 0 Å². The fourth-order valence-electron chi connectivity index (χ4n) is 0.792. The third kappa shape index (κ3) is 2.37. The molecule has 0 saturated heterocycles. The molecule has 1 heterocycles. The highest BCUT2D eigenvalue weighted by molar-refractivity contribution is 5.01. The van der Waals surface area contributed by atoms with Gasteiger partial charge in [-0.15, -0.1) is 0 Å². The molecule has 0 saturated carbocycles. The second kappa shape index (κ2) is 4.16. The van der Waals surface area contributed by atoms with Crippen molar-refractivity contribution < 1.29 is 14.3 Å². The Hall–Kier alpha value is -0.800. The van der Waals surface area contributed by atoms with E-state index in [2.05, 4.69) is 0 Å². The third-order valence-corrected chi connectivity index (χ3v) is 1.35. The Balaban J connectivity index is 2.36. The molecule has 1 aromatic heterocycles. The lowest BCUT2D eigenvalue weighted by molar-refractivity contribution is 0.0303. The smallest absolute Gasteiger partial charge is 0.135 e. The molecule has 1 N–H and O–H groups in total. The minimum absolute atomic E-state index is 0.296. The minimum Gasteiger partial charge on any atom is -0.467 e.